The predicted molar refractivity (Wildman–Crippen MR) is 129 cm³/mol. The van der Waals surface area contributed by atoms with Crippen LogP contribution < -0.4 is 10.1 Å². The second-order valence-electron chi connectivity index (χ2n) is 7.47. The van der Waals surface area contributed by atoms with E-state index in [4.69, 9.17) is 4.74 Å². The lowest BCUT2D eigenvalue weighted by Crippen LogP contribution is -1.97. The van der Waals surface area contributed by atoms with Gasteiger partial charge in [0.1, 0.15) is 17.9 Å². The number of fused-ring (bicyclic) bond motifs is 2. The third-order valence-electron chi connectivity index (χ3n) is 5.42. The minimum absolute atomic E-state index is 0.0370. The van der Waals surface area contributed by atoms with Crippen LogP contribution in [-0.4, -0.2) is 27.2 Å². The maximum atomic E-state index is 9.22. The number of ether oxygens (including phenoxy) is 1. The molecule has 3 N–H and O–H groups in total. The van der Waals surface area contributed by atoms with Crippen molar-refractivity contribution >= 4 is 45.5 Å². The number of aromatic amines is 1. The second-order valence-corrected chi connectivity index (χ2v) is 7.47. The molecule has 2 aromatic heterocycles. The Kier molecular flexibility index (Phi) is 5.27. The van der Waals surface area contributed by atoms with Gasteiger partial charge in [-0.25, -0.2) is 9.97 Å². The smallest absolute Gasteiger partial charge is 0.141 e. The van der Waals surface area contributed by atoms with Gasteiger partial charge in [0, 0.05) is 39.8 Å². The molecule has 0 saturated heterocycles. The number of nitrogens with one attached hydrogen (secondary N) is 2. The molecule has 0 aliphatic rings. The van der Waals surface area contributed by atoms with Crippen LogP contribution >= 0.6 is 0 Å². The van der Waals surface area contributed by atoms with Crippen molar-refractivity contribution in [2.75, 3.05) is 12.4 Å². The van der Waals surface area contributed by atoms with Crippen LogP contribution in [0.2, 0.25) is 0 Å². The van der Waals surface area contributed by atoms with Gasteiger partial charge >= 0.3 is 0 Å². The fraction of sp³-hybridized carbons (Fsp3) is 0.0769. The number of hydrogen-bond donors (Lipinski definition) is 3. The topological polar surface area (TPSA) is 83.1 Å². The molecular formula is C26H22N4O2. The standard InChI is InChI=1S/C26H22N4O2/c1-32-25-14-24-22(13-20(25)7-6-17-2-4-18(15-31)5-3-17)26(29-16-28-24)30-21-8-9-23-19(12-21)10-11-27-23/h2-14,16,27,31H,15H2,1H3,(H,28,29,30). The first-order valence-electron chi connectivity index (χ1n) is 10.3. The number of nitrogens with zero attached hydrogens (tertiary/aromatic N) is 2. The first-order valence-corrected chi connectivity index (χ1v) is 10.3. The van der Waals surface area contributed by atoms with Crippen molar-refractivity contribution in [1.29, 1.82) is 0 Å². The summed E-state index contributed by atoms with van der Waals surface area (Å²) in [5.74, 6) is 1.47. The van der Waals surface area contributed by atoms with Gasteiger partial charge in [-0.3, -0.25) is 0 Å². The Morgan fingerprint density at radius 1 is 1.00 bits per heavy atom. The quantitative estimate of drug-likeness (QED) is 0.314. The molecule has 3 aromatic carbocycles. The summed E-state index contributed by atoms with van der Waals surface area (Å²) in [4.78, 5) is 12.1. The summed E-state index contributed by atoms with van der Waals surface area (Å²) in [7, 11) is 1.65. The van der Waals surface area contributed by atoms with Gasteiger partial charge in [0.2, 0.25) is 0 Å². The van der Waals surface area contributed by atoms with Gasteiger partial charge in [-0.1, -0.05) is 36.4 Å². The van der Waals surface area contributed by atoms with Gasteiger partial charge in [-0.15, -0.1) is 0 Å². The lowest BCUT2D eigenvalue weighted by Gasteiger charge is -2.11. The summed E-state index contributed by atoms with van der Waals surface area (Å²) in [6, 6.07) is 19.9. The summed E-state index contributed by atoms with van der Waals surface area (Å²) in [6.45, 7) is 0.0370. The Morgan fingerprint density at radius 3 is 2.69 bits per heavy atom. The normalized spacial score (nSPS) is 11.4. The Balaban J connectivity index is 1.52. The number of rotatable bonds is 6. The number of aliphatic hydroxyl groups is 1. The van der Waals surface area contributed by atoms with E-state index in [1.165, 1.54) is 0 Å². The Morgan fingerprint density at radius 2 is 1.88 bits per heavy atom. The van der Waals surface area contributed by atoms with Gasteiger partial charge in [0.25, 0.3) is 0 Å². The van der Waals surface area contributed by atoms with E-state index < -0.39 is 0 Å². The summed E-state index contributed by atoms with van der Waals surface area (Å²) >= 11 is 0. The largest absolute Gasteiger partial charge is 0.496 e. The SMILES string of the molecule is COc1cc2ncnc(Nc3ccc4[nH]ccc4c3)c2cc1C=Cc1ccc(CO)cc1. The lowest BCUT2D eigenvalue weighted by molar-refractivity contribution is 0.282. The molecule has 0 atom stereocenters. The molecule has 5 aromatic rings. The average molecular weight is 422 g/mol. The molecule has 5 rings (SSSR count). The van der Waals surface area contributed by atoms with E-state index in [0.29, 0.717) is 0 Å². The molecule has 0 saturated carbocycles. The highest BCUT2D eigenvalue weighted by molar-refractivity contribution is 5.95. The molecule has 0 aliphatic heterocycles. The molecule has 0 unspecified atom stereocenters. The molecule has 0 radical (unpaired) electrons. The second kappa shape index (κ2) is 8.53. The van der Waals surface area contributed by atoms with E-state index in [9.17, 15) is 5.11 Å². The maximum absolute atomic E-state index is 9.22. The Bertz CT molecular complexity index is 1420. The van der Waals surface area contributed by atoms with Crippen molar-refractivity contribution in [3.8, 4) is 5.75 Å². The zero-order chi connectivity index (χ0) is 21.9. The molecule has 0 fully saturated rings. The van der Waals surface area contributed by atoms with Crippen molar-refractivity contribution in [3.63, 3.8) is 0 Å². The van der Waals surface area contributed by atoms with Crippen LogP contribution in [0, 0.1) is 0 Å². The van der Waals surface area contributed by atoms with Crippen molar-refractivity contribution in [2.45, 2.75) is 6.61 Å². The zero-order valence-electron chi connectivity index (χ0n) is 17.5. The van der Waals surface area contributed by atoms with Crippen molar-refractivity contribution in [2.24, 2.45) is 0 Å². The van der Waals surface area contributed by atoms with Crippen LogP contribution in [0.3, 0.4) is 0 Å². The number of H-pyrrole nitrogens is 1. The highest BCUT2D eigenvalue weighted by atomic mass is 16.5. The van der Waals surface area contributed by atoms with Crippen LogP contribution in [0.5, 0.6) is 5.75 Å². The highest BCUT2D eigenvalue weighted by Gasteiger charge is 2.10. The lowest BCUT2D eigenvalue weighted by atomic mass is 10.1. The molecular weight excluding hydrogens is 400 g/mol. The summed E-state index contributed by atoms with van der Waals surface area (Å²) in [5.41, 5.74) is 5.68. The molecule has 6 heteroatoms. The monoisotopic (exact) mass is 422 g/mol. The molecule has 0 aliphatic carbocycles. The number of aliphatic hydroxyl groups excluding tert-OH is 1. The number of hydrogen-bond acceptors (Lipinski definition) is 5. The molecule has 2 heterocycles. The van der Waals surface area contributed by atoms with Gasteiger partial charge in [-0.05, 0) is 41.5 Å². The minimum atomic E-state index is 0.0370. The van der Waals surface area contributed by atoms with E-state index >= 15 is 0 Å². The van der Waals surface area contributed by atoms with Gasteiger partial charge in [-0.2, -0.15) is 0 Å². The first-order chi connectivity index (χ1) is 15.7. The molecule has 0 amide bonds. The van der Waals surface area contributed by atoms with E-state index in [1.807, 2.05) is 72.9 Å². The molecule has 6 nitrogen and oxygen atoms in total. The molecule has 158 valence electrons. The number of methoxy groups -OCH3 is 1. The number of anilines is 2. The van der Waals surface area contributed by atoms with E-state index in [1.54, 1.807) is 13.4 Å². The van der Waals surface area contributed by atoms with Gasteiger partial charge in [0.05, 0.1) is 19.2 Å². The molecule has 0 bridgehead atoms. The van der Waals surface area contributed by atoms with E-state index in [-0.39, 0.29) is 6.61 Å². The van der Waals surface area contributed by atoms with Crippen LogP contribution in [0.25, 0.3) is 34.0 Å². The van der Waals surface area contributed by atoms with Gasteiger partial charge in [0.15, 0.2) is 0 Å². The zero-order valence-corrected chi connectivity index (χ0v) is 17.5. The average Bonchev–Trinajstić information content (AvgIpc) is 3.31. The van der Waals surface area contributed by atoms with Crippen LogP contribution in [0.4, 0.5) is 11.5 Å². The Labute approximate surface area is 185 Å². The third-order valence-corrected chi connectivity index (χ3v) is 5.42. The number of benzene rings is 3. The predicted octanol–water partition coefficient (Wildman–Crippen LogP) is 5.53. The minimum Gasteiger partial charge on any atom is -0.496 e. The Hall–Kier alpha value is -4.16. The van der Waals surface area contributed by atoms with Crippen molar-refractivity contribution in [1.82, 2.24) is 15.0 Å². The summed E-state index contributed by atoms with van der Waals surface area (Å²) in [5, 5.41) is 14.7. The number of aromatic nitrogens is 3. The molecule has 0 spiro atoms. The first kappa shape index (κ1) is 19.8. The summed E-state index contributed by atoms with van der Waals surface area (Å²) < 4.78 is 5.61. The highest BCUT2D eigenvalue weighted by Crippen LogP contribution is 2.31. The van der Waals surface area contributed by atoms with E-state index in [0.717, 1.165) is 55.8 Å². The van der Waals surface area contributed by atoms with Crippen molar-refractivity contribution in [3.05, 3.63) is 89.9 Å². The van der Waals surface area contributed by atoms with Crippen LogP contribution in [-0.2, 0) is 6.61 Å². The van der Waals surface area contributed by atoms with Crippen LogP contribution in [0.15, 0.2) is 73.2 Å². The van der Waals surface area contributed by atoms with Gasteiger partial charge < -0.3 is 20.1 Å². The summed E-state index contributed by atoms with van der Waals surface area (Å²) in [6.07, 6.45) is 7.50. The molecule has 32 heavy (non-hydrogen) atoms. The third kappa shape index (κ3) is 3.91. The fourth-order valence-electron chi connectivity index (χ4n) is 3.70. The maximum Gasteiger partial charge on any atom is 0.141 e. The fourth-order valence-corrected chi connectivity index (χ4v) is 3.70. The van der Waals surface area contributed by atoms with Crippen LogP contribution in [0.1, 0.15) is 16.7 Å². The van der Waals surface area contributed by atoms with E-state index in [2.05, 4.69) is 26.3 Å². The van der Waals surface area contributed by atoms with Crippen molar-refractivity contribution < 1.29 is 9.84 Å².